The van der Waals surface area contributed by atoms with Crippen LogP contribution >= 0.6 is 0 Å². The summed E-state index contributed by atoms with van der Waals surface area (Å²) in [7, 11) is 0. The summed E-state index contributed by atoms with van der Waals surface area (Å²) in [6, 6.07) is 13.7. The number of nitrogens with zero attached hydrogens (tertiary/aromatic N) is 3. The maximum atomic E-state index is 12.7. The molecule has 6 heteroatoms. The number of piperidine rings is 1. The third-order valence-electron chi connectivity index (χ3n) is 5.13. The molecular weight excluding hydrogens is 364 g/mol. The molecule has 0 saturated carbocycles. The van der Waals surface area contributed by atoms with Crippen LogP contribution in [-0.2, 0) is 0 Å². The summed E-state index contributed by atoms with van der Waals surface area (Å²) in [4.78, 5) is 23.2. The Hall–Kier alpha value is -3.15. The highest BCUT2D eigenvalue weighted by atomic mass is 16.5. The summed E-state index contributed by atoms with van der Waals surface area (Å²) in [6.07, 6.45) is 3.38. The first-order valence-electron chi connectivity index (χ1n) is 10.1. The Bertz CT molecular complexity index is 1020. The van der Waals surface area contributed by atoms with Crippen molar-refractivity contribution in [1.82, 2.24) is 14.9 Å². The first-order valence-corrected chi connectivity index (χ1v) is 10.1. The van der Waals surface area contributed by atoms with E-state index in [2.05, 4.69) is 9.97 Å². The summed E-state index contributed by atoms with van der Waals surface area (Å²) in [5.41, 5.74) is 9.33. The minimum Gasteiger partial charge on any atom is -0.474 e. The molecule has 1 aliphatic rings. The Kier molecular flexibility index (Phi) is 5.34. The Balaban J connectivity index is 1.64. The number of anilines is 1. The van der Waals surface area contributed by atoms with Gasteiger partial charge in [-0.1, -0.05) is 18.2 Å². The van der Waals surface area contributed by atoms with Gasteiger partial charge < -0.3 is 15.4 Å². The number of rotatable bonds is 4. The molecule has 2 heterocycles. The van der Waals surface area contributed by atoms with E-state index in [1.54, 1.807) is 0 Å². The summed E-state index contributed by atoms with van der Waals surface area (Å²) in [5, 5.41) is 0.818. The van der Waals surface area contributed by atoms with Crippen LogP contribution in [-0.4, -0.2) is 40.0 Å². The molecule has 6 nitrogen and oxygen atoms in total. The Morgan fingerprint density at radius 1 is 1.00 bits per heavy atom. The number of hydrogen-bond acceptors (Lipinski definition) is 5. The predicted octanol–water partition coefficient (Wildman–Crippen LogP) is 4.29. The van der Waals surface area contributed by atoms with E-state index < -0.39 is 0 Å². The molecule has 29 heavy (non-hydrogen) atoms. The van der Waals surface area contributed by atoms with Crippen molar-refractivity contribution in [3.8, 4) is 17.0 Å². The zero-order valence-electron chi connectivity index (χ0n) is 16.9. The molecule has 3 aromatic rings. The molecule has 1 saturated heterocycles. The normalized spacial score (nSPS) is 14.4. The molecule has 2 aromatic carbocycles. The van der Waals surface area contributed by atoms with Gasteiger partial charge in [-0.05, 0) is 68.5 Å². The number of aromatic nitrogens is 2. The summed E-state index contributed by atoms with van der Waals surface area (Å²) in [5.74, 6) is 0.800. The van der Waals surface area contributed by atoms with Gasteiger partial charge in [0.1, 0.15) is 0 Å². The van der Waals surface area contributed by atoms with Crippen molar-refractivity contribution in [2.45, 2.75) is 39.2 Å². The standard InChI is InChI=1S/C23H26N4O2/c1-15(2)29-21-19-14-18(10-11-20(19)25-23(24)26-21)16-6-8-17(9-7-16)22(28)27-12-4-3-5-13-27/h6-11,14-15H,3-5,12-13H2,1-2H3,(H2,24,25,26). The summed E-state index contributed by atoms with van der Waals surface area (Å²) in [6.45, 7) is 5.61. The van der Waals surface area contributed by atoms with Gasteiger partial charge in [-0.15, -0.1) is 0 Å². The van der Waals surface area contributed by atoms with Crippen molar-refractivity contribution in [2.24, 2.45) is 0 Å². The van der Waals surface area contributed by atoms with Crippen LogP contribution in [0.25, 0.3) is 22.0 Å². The number of amides is 1. The third kappa shape index (κ3) is 4.16. The monoisotopic (exact) mass is 390 g/mol. The quantitative estimate of drug-likeness (QED) is 0.719. The fourth-order valence-electron chi connectivity index (χ4n) is 3.69. The van der Waals surface area contributed by atoms with Crippen LogP contribution in [0.2, 0.25) is 0 Å². The number of hydrogen-bond donors (Lipinski definition) is 1. The molecule has 0 radical (unpaired) electrons. The predicted molar refractivity (Wildman–Crippen MR) is 115 cm³/mol. The van der Waals surface area contributed by atoms with Crippen LogP contribution in [0.3, 0.4) is 0 Å². The van der Waals surface area contributed by atoms with Crippen LogP contribution in [0.1, 0.15) is 43.5 Å². The van der Waals surface area contributed by atoms with Gasteiger partial charge in [0.05, 0.1) is 17.0 Å². The Morgan fingerprint density at radius 2 is 1.69 bits per heavy atom. The van der Waals surface area contributed by atoms with Gasteiger partial charge in [-0.25, -0.2) is 4.98 Å². The third-order valence-corrected chi connectivity index (χ3v) is 5.13. The second kappa shape index (κ2) is 8.07. The highest BCUT2D eigenvalue weighted by Gasteiger charge is 2.18. The molecule has 0 unspecified atom stereocenters. The number of nitrogens with two attached hydrogens (primary N) is 1. The molecule has 1 aromatic heterocycles. The smallest absolute Gasteiger partial charge is 0.253 e. The summed E-state index contributed by atoms with van der Waals surface area (Å²) < 4.78 is 5.84. The Labute approximate surface area is 170 Å². The lowest BCUT2D eigenvalue weighted by molar-refractivity contribution is 0.0724. The lowest BCUT2D eigenvalue weighted by Gasteiger charge is -2.26. The number of ether oxygens (including phenoxy) is 1. The number of carbonyl (C=O) groups is 1. The number of nitrogen functional groups attached to an aromatic ring is 1. The molecule has 0 bridgehead atoms. The lowest BCUT2D eigenvalue weighted by Crippen LogP contribution is -2.35. The molecule has 4 rings (SSSR count). The van der Waals surface area contributed by atoms with Crippen LogP contribution in [0.4, 0.5) is 5.95 Å². The average Bonchev–Trinajstić information content (AvgIpc) is 2.73. The number of carbonyl (C=O) groups excluding carboxylic acids is 1. The van der Waals surface area contributed by atoms with Crippen molar-refractivity contribution in [3.63, 3.8) is 0 Å². The maximum absolute atomic E-state index is 12.7. The molecule has 150 valence electrons. The zero-order valence-corrected chi connectivity index (χ0v) is 16.9. The van der Waals surface area contributed by atoms with Crippen molar-refractivity contribution in [3.05, 3.63) is 48.0 Å². The van der Waals surface area contributed by atoms with E-state index in [0.29, 0.717) is 5.88 Å². The minimum absolute atomic E-state index is 0.0174. The molecule has 1 amide bonds. The van der Waals surface area contributed by atoms with Crippen LogP contribution in [0.15, 0.2) is 42.5 Å². The van der Waals surface area contributed by atoms with Crippen molar-refractivity contribution in [2.75, 3.05) is 18.8 Å². The number of likely N-dealkylation sites (tertiary alicyclic amines) is 1. The fraction of sp³-hybridized carbons (Fsp3) is 0.348. The van der Waals surface area contributed by atoms with Crippen molar-refractivity contribution >= 4 is 22.8 Å². The van der Waals surface area contributed by atoms with E-state index in [0.717, 1.165) is 53.5 Å². The first kappa shape index (κ1) is 19.2. The van der Waals surface area contributed by atoms with E-state index in [9.17, 15) is 4.79 Å². The summed E-state index contributed by atoms with van der Waals surface area (Å²) >= 11 is 0. The lowest BCUT2D eigenvalue weighted by atomic mass is 10.0. The van der Waals surface area contributed by atoms with Crippen LogP contribution in [0.5, 0.6) is 5.88 Å². The SMILES string of the molecule is CC(C)Oc1nc(N)nc2ccc(-c3ccc(C(=O)N4CCCCC4)cc3)cc12. The van der Waals surface area contributed by atoms with Gasteiger partial charge in [0.25, 0.3) is 5.91 Å². The van der Waals surface area contributed by atoms with Crippen LogP contribution in [0, 0.1) is 0 Å². The van der Waals surface area contributed by atoms with Gasteiger partial charge in [-0.3, -0.25) is 4.79 Å². The minimum atomic E-state index is -0.0174. The average molecular weight is 390 g/mol. The molecule has 2 N–H and O–H groups in total. The van der Waals surface area contributed by atoms with Gasteiger partial charge in [-0.2, -0.15) is 4.98 Å². The van der Waals surface area contributed by atoms with Gasteiger partial charge in [0, 0.05) is 18.7 Å². The van der Waals surface area contributed by atoms with E-state index in [1.807, 2.05) is 61.2 Å². The topological polar surface area (TPSA) is 81.3 Å². The molecular formula is C23H26N4O2. The van der Waals surface area contributed by atoms with Crippen molar-refractivity contribution < 1.29 is 9.53 Å². The van der Waals surface area contributed by atoms with E-state index in [1.165, 1.54) is 6.42 Å². The molecule has 0 aliphatic carbocycles. The Morgan fingerprint density at radius 3 is 2.38 bits per heavy atom. The molecule has 0 spiro atoms. The van der Waals surface area contributed by atoms with Crippen LogP contribution < -0.4 is 10.5 Å². The zero-order chi connectivity index (χ0) is 20.4. The molecule has 1 fully saturated rings. The second-order valence-electron chi connectivity index (χ2n) is 7.72. The largest absolute Gasteiger partial charge is 0.474 e. The first-order chi connectivity index (χ1) is 14.0. The number of benzene rings is 2. The molecule has 1 aliphatic heterocycles. The highest BCUT2D eigenvalue weighted by molar-refractivity contribution is 5.95. The highest BCUT2D eigenvalue weighted by Crippen LogP contribution is 2.30. The maximum Gasteiger partial charge on any atom is 0.253 e. The van der Waals surface area contributed by atoms with Crippen molar-refractivity contribution in [1.29, 1.82) is 0 Å². The number of fused-ring (bicyclic) bond motifs is 1. The van der Waals surface area contributed by atoms with E-state index >= 15 is 0 Å². The van der Waals surface area contributed by atoms with E-state index in [-0.39, 0.29) is 18.0 Å². The second-order valence-corrected chi connectivity index (χ2v) is 7.72. The van der Waals surface area contributed by atoms with Gasteiger partial charge in [0.2, 0.25) is 11.8 Å². The van der Waals surface area contributed by atoms with Gasteiger partial charge in [0.15, 0.2) is 0 Å². The molecule has 0 atom stereocenters. The van der Waals surface area contributed by atoms with E-state index in [4.69, 9.17) is 10.5 Å². The fourth-order valence-corrected chi connectivity index (χ4v) is 3.69. The van der Waals surface area contributed by atoms with Gasteiger partial charge >= 0.3 is 0 Å².